The molecule has 0 atom stereocenters. The minimum atomic E-state index is 0.651. The lowest BCUT2D eigenvalue weighted by Crippen LogP contribution is -2.16. The minimum Gasteiger partial charge on any atom is -0.476 e. The van der Waals surface area contributed by atoms with E-state index in [0.717, 1.165) is 36.3 Å². The van der Waals surface area contributed by atoms with Crippen LogP contribution in [-0.2, 0) is 0 Å². The Morgan fingerprint density at radius 2 is 1.71 bits per heavy atom. The summed E-state index contributed by atoms with van der Waals surface area (Å²) in [5.41, 5.74) is 3.15. The van der Waals surface area contributed by atoms with Gasteiger partial charge in [-0.05, 0) is 37.2 Å². The Hall–Kier alpha value is -2.59. The van der Waals surface area contributed by atoms with Crippen LogP contribution in [0.4, 0.5) is 0 Å². The van der Waals surface area contributed by atoms with Gasteiger partial charge in [-0.15, -0.1) is 5.10 Å². The molecule has 0 aliphatic carbocycles. The van der Waals surface area contributed by atoms with E-state index >= 15 is 0 Å². The van der Waals surface area contributed by atoms with E-state index in [1.165, 1.54) is 0 Å². The number of ether oxygens (including phenoxy) is 1. The van der Waals surface area contributed by atoms with E-state index in [-0.39, 0.29) is 0 Å². The topological polar surface area (TPSA) is 39.1 Å². The van der Waals surface area contributed by atoms with Crippen molar-refractivity contribution in [3.8, 4) is 22.7 Å². The molecule has 0 saturated carbocycles. The first-order valence-electron chi connectivity index (χ1n) is 8.42. The third-order valence-corrected chi connectivity index (χ3v) is 3.77. The lowest BCUT2D eigenvalue weighted by atomic mass is 10.1. The highest BCUT2D eigenvalue weighted by Gasteiger charge is 2.13. The zero-order valence-corrected chi connectivity index (χ0v) is 14.0. The van der Waals surface area contributed by atoms with Gasteiger partial charge < -0.3 is 10.1 Å². The number of rotatable bonds is 8. The number of hydrogen-bond acceptors (Lipinski definition) is 3. The highest BCUT2D eigenvalue weighted by atomic mass is 16.5. The molecule has 0 saturated heterocycles. The summed E-state index contributed by atoms with van der Waals surface area (Å²) < 4.78 is 7.85. The van der Waals surface area contributed by atoms with Crippen molar-refractivity contribution < 1.29 is 4.74 Å². The number of para-hydroxylation sites is 1. The molecule has 3 aromatic rings. The molecule has 0 aliphatic rings. The molecule has 0 bridgehead atoms. The molecule has 1 aromatic heterocycles. The SMILES string of the molecule is CCNCCCOc1nn(-c2ccccc2)cc1-c1ccccc1. The first-order valence-corrected chi connectivity index (χ1v) is 8.42. The first kappa shape index (κ1) is 16.3. The van der Waals surface area contributed by atoms with Gasteiger partial charge >= 0.3 is 0 Å². The summed E-state index contributed by atoms with van der Waals surface area (Å²) in [5.74, 6) is 0.682. The Bertz CT molecular complexity index is 738. The lowest BCUT2D eigenvalue weighted by molar-refractivity contribution is 0.296. The summed E-state index contributed by atoms with van der Waals surface area (Å²) in [7, 11) is 0. The predicted octanol–water partition coefficient (Wildman–Crippen LogP) is 3.92. The molecule has 124 valence electrons. The molecule has 4 nitrogen and oxygen atoms in total. The maximum Gasteiger partial charge on any atom is 0.241 e. The zero-order chi connectivity index (χ0) is 16.6. The van der Waals surface area contributed by atoms with Crippen molar-refractivity contribution >= 4 is 0 Å². The van der Waals surface area contributed by atoms with E-state index in [1.54, 1.807) is 0 Å². The summed E-state index contributed by atoms with van der Waals surface area (Å²) in [6, 6.07) is 20.3. The maximum absolute atomic E-state index is 5.97. The molecule has 1 heterocycles. The fourth-order valence-electron chi connectivity index (χ4n) is 2.54. The van der Waals surface area contributed by atoms with Gasteiger partial charge in [0.25, 0.3) is 0 Å². The maximum atomic E-state index is 5.97. The number of hydrogen-bond donors (Lipinski definition) is 1. The van der Waals surface area contributed by atoms with E-state index in [9.17, 15) is 0 Å². The van der Waals surface area contributed by atoms with E-state index in [1.807, 2.05) is 59.4 Å². The number of aromatic nitrogens is 2. The van der Waals surface area contributed by atoms with Crippen molar-refractivity contribution in [1.82, 2.24) is 15.1 Å². The summed E-state index contributed by atoms with van der Waals surface area (Å²) in [6.07, 6.45) is 2.99. The van der Waals surface area contributed by atoms with Gasteiger partial charge in [-0.2, -0.15) is 0 Å². The van der Waals surface area contributed by atoms with Gasteiger partial charge in [0, 0.05) is 6.20 Å². The van der Waals surface area contributed by atoms with Crippen molar-refractivity contribution in [2.45, 2.75) is 13.3 Å². The molecular weight excluding hydrogens is 298 g/mol. The van der Waals surface area contributed by atoms with Crippen molar-refractivity contribution in [2.24, 2.45) is 0 Å². The summed E-state index contributed by atoms with van der Waals surface area (Å²) in [5, 5.41) is 7.95. The van der Waals surface area contributed by atoms with Crippen LogP contribution in [0.5, 0.6) is 5.88 Å². The van der Waals surface area contributed by atoms with E-state index < -0.39 is 0 Å². The van der Waals surface area contributed by atoms with Crippen LogP contribution in [0.1, 0.15) is 13.3 Å². The van der Waals surface area contributed by atoms with Gasteiger partial charge in [0.05, 0.1) is 17.9 Å². The number of nitrogens with zero attached hydrogens (tertiary/aromatic N) is 2. The molecule has 24 heavy (non-hydrogen) atoms. The third-order valence-electron chi connectivity index (χ3n) is 3.77. The summed E-state index contributed by atoms with van der Waals surface area (Å²) in [4.78, 5) is 0. The van der Waals surface area contributed by atoms with Crippen LogP contribution in [-0.4, -0.2) is 29.5 Å². The van der Waals surface area contributed by atoms with Crippen LogP contribution in [0, 0.1) is 0 Å². The second-order valence-corrected chi connectivity index (χ2v) is 5.55. The molecule has 0 amide bonds. The van der Waals surface area contributed by atoms with Gasteiger partial charge in [0.15, 0.2) is 0 Å². The average molecular weight is 321 g/mol. The molecule has 0 aliphatic heterocycles. The zero-order valence-electron chi connectivity index (χ0n) is 14.0. The van der Waals surface area contributed by atoms with Crippen LogP contribution in [0.15, 0.2) is 66.9 Å². The Labute approximate surface area is 143 Å². The van der Waals surface area contributed by atoms with E-state index in [4.69, 9.17) is 4.74 Å². The quantitative estimate of drug-likeness (QED) is 0.639. The Balaban J connectivity index is 1.83. The standard InChI is InChI=1S/C20H23N3O/c1-2-21-14-9-15-24-20-19(17-10-5-3-6-11-17)16-23(22-20)18-12-7-4-8-13-18/h3-8,10-13,16,21H,2,9,14-15H2,1H3. The second kappa shape index (κ2) is 8.31. The van der Waals surface area contributed by atoms with Crippen LogP contribution in [0.3, 0.4) is 0 Å². The van der Waals surface area contributed by atoms with Crippen molar-refractivity contribution in [2.75, 3.05) is 19.7 Å². The van der Waals surface area contributed by atoms with E-state index in [2.05, 4.69) is 29.5 Å². The molecular formula is C20H23N3O. The highest BCUT2D eigenvalue weighted by molar-refractivity contribution is 5.68. The molecule has 0 unspecified atom stereocenters. The highest BCUT2D eigenvalue weighted by Crippen LogP contribution is 2.30. The Morgan fingerprint density at radius 1 is 1.00 bits per heavy atom. The monoisotopic (exact) mass is 321 g/mol. The van der Waals surface area contributed by atoms with Crippen molar-refractivity contribution in [1.29, 1.82) is 0 Å². The molecule has 4 heteroatoms. The predicted molar refractivity (Wildman–Crippen MR) is 97.7 cm³/mol. The molecule has 1 N–H and O–H groups in total. The van der Waals surface area contributed by atoms with Gasteiger partial charge in [0.1, 0.15) is 0 Å². The summed E-state index contributed by atoms with van der Waals surface area (Å²) >= 11 is 0. The van der Waals surface area contributed by atoms with Crippen LogP contribution >= 0.6 is 0 Å². The summed E-state index contributed by atoms with van der Waals surface area (Å²) in [6.45, 7) is 4.70. The van der Waals surface area contributed by atoms with Crippen molar-refractivity contribution in [3.63, 3.8) is 0 Å². The number of nitrogens with one attached hydrogen (secondary N) is 1. The van der Waals surface area contributed by atoms with Crippen LogP contribution in [0.25, 0.3) is 16.8 Å². The Morgan fingerprint density at radius 3 is 2.42 bits per heavy atom. The normalized spacial score (nSPS) is 10.7. The smallest absolute Gasteiger partial charge is 0.241 e. The minimum absolute atomic E-state index is 0.651. The largest absolute Gasteiger partial charge is 0.476 e. The van der Waals surface area contributed by atoms with Gasteiger partial charge in [-0.3, -0.25) is 0 Å². The molecule has 2 aromatic carbocycles. The fourth-order valence-corrected chi connectivity index (χ4v) is 2.54. The molecule has 3 rings (SSSR count). The van der Waals surface area contributed by atoms with E-state index in [0.29, 0.717) is 12.5 Å². The third kappa shape index (κ3) is 4.03. The average Bonchev–Trinajstić information content (AvgIpc) is 3.07. The molecule has 0 fully saturated rings. The second-order valence-electron chi connectivity index (χ2n) is 5.55. The van der Waals surface area contributed by atoms with Crippen LogP contribution < -0.4 is 10.1 Å². The first-order chi connectivity index (χ1) is 11.9. The van der Waals surface area contributed by atoms with Crippen molar-refractivity contribution in [3.05, 3.63) is 66.9 Å². The number of benzene rings is 2. The fraction of sp³-hybridized carbons (Fsp3) is 0.250. The van der Waals surface area contributed by atoms with Gasteiger partial charge in [-0.25, -0.2) is 4.68 Å². The van der Waals surface area contributed by atoms with Crippen LogP contribution in [0.2, 0.25) is 0 Å². The molecule has 0 spiro atoms. The van der Waals surface area contributed by atoms with Gasteiger partial charge in [0.2, 0.25) is 5.88 Å². The molecule has 0 radical (unpaired) electrons. The lowest BCUT2D eigenvalue weighted by Gasteiger charge is -2.06. The van der Waals surface area contributed by atoms with Gasteiger partial charge in [-0.1, -0.05) is 55.5 Å². The Kier molecular flexibility index (Phi) is 5.64.